The maximum Gasteiger partial charge on any atom is 0.222 e. The first kappa shape index (κ1) is 16.9. The molecule has 1 heterocycles. The van der Waals surface area contributed by atoms with E-state index in [2.05, 4.69) is 22.3 Å². The van der Waals surface area contributed by atoms with E-state index in [0.29, 0.717) is 26.1 Å². The van der Waals surface area contributed by atoms with Gasteiger partial charge in [0, 0.05) is 39.1 Å². The lowest BCUT2D eigenvalue weighted by Crippen LogP contribution is -2.37. The van der Waals surface area contributed by atoms with Crippen LogP contribution in [0.5, 0.6) is 0 Å². The van der Waals surface area contributed by atoms with Gasteiger partial charge in [-0.25, -0.2) is 0 Å². The normalized spacial score (nSPS) is 19.9. The van der Waals surface area contributed by atoms with Crippen molar-refractivity contribution in [2.45, 2.75) is 25.5 Å². The van der Waals surface area contributed by atoms with Gasteiger partial charge in [-0.3, -0.25) is 4.79 Å². The predicted molar refractivity (Wildman–Crippen MR) is 87.5 cm³/mol. The van der Waals surface area contributed by atoms with Crippen LogP contribution in [0.25, 0.3) is 0 Å². The fourth-order valence-corrected chi connectivity index (χ4v) is 2.72. The first-order valence-corrected chi connectivity index (χ1v) is 8.04. The second-order valence-corrected chi connectivity index (χ2v) is 6.02. The number of hydrogen-bond donors (Lipinski definition) is 2. The standard InChI is InChI=1S/C17H27N3O2/c1-19-10-11-20(14-16(21)13-19)17(22)8-5-9-18-12-15-6-3-2-4-7-15/h2-4,6-7,16,18,21H,5,8-14H2,1H3/t16-/m1/s1. The van der Waals surface area contributed by atoms with Gasteiger partial charge in [-0.1, -0.05) is 30.3 Å². The second-order valence-electron chi connectivity index (χ2n) is 6.02. The molecule has 1 aromatic carbocycles. The number of likely N-dealkylation sites (N-methyl/N-ethyl adjacent to an activating group) is 1. The molecule has 0 bridgehead atoms. The predicted octanol–water partition coefficient (Wildman–Crippen LogP) is 0.691. The molecule has 0 aromatic heterocycles. The topological polar surface area (TPSA) is 55.8 Å². The van der Waals surface area contributed by atoms with Gasteiger partial charge in [0.1, 0.15) is 0 Å². The van der Waals surface area contributed by atoms with Crippen LogP contribution in [0.4, 0.5) is 0 Å². The molecular formula is C17H27N3O2. The molecule has 5 heteroatoms. The zero-order valence-corrected chi connectivity index (χ0v) is 13.4. The van der Waals surface area contributed by atoms with Crippen LogP contribution < -0.4 is 5.32 Å². The number of β-amino-alcohol motifs (C(OH)–C–C–N with tert-alkyl or cyclic N) is 1. The Balaban J connectivity index is 1.63. The van der Waals surface area contributed by atoms with Crippen molar-refractivity contribution < 1.29 is 9.90 Å². The highest BCUT2D eigenvalue weighted by atomic mass is 16.3. The summed E-state index contributed by atoms with van der Waals surface area (Å²) in [4.78, 5) is 16.1. The lowest BCUT2D eigenvalue weighted by Gasteiger charge is -2.21. The van der Waals surface area contributed by atoms with E-state index >= 15 is 0 Å². The fraction of sp³-hybridized carbons (Fsp3) is 0.588. The lowest BCUT2D eigenvalue weighted by molar-refractivity contribution is -0.132. The Morgan fingerprint density at radius 2 is 2.05 bits per heavy atom. The number of carbonyl (C=O) groups excluding carboxylic acids is 1. The molecule has 122 valence electrons. The van der Waals surface area contributed by atoms with Gasteiger partial charge in [0.2, 0.25) is 5.91 Å². The molecule has 1 amide bonds. The van der Waals surface area contributed by atoms with Gasteiger partial charge < -0.3 is 20.2 Å². The summed E-state index contributed by atoms with van der Waals surface area (Å²) < 4.78 is 0. The van der Waals surface area contributed by atoms with Gasteiger partial charge in [-0.2, -0.15) is 0 Å². The molecular weight excluding hydrogens is 278 g/mol. The van der Waals surface area contributed by atoms with Crippen molar-refractivity contribution in [3.63, 3.8) is 0 Å². The van der Waals surface area contributed by atoms with E-state index in [4.69, 9.17) is 0 Å². The Morgan fingerprint density at radius 3 is 2.82 bits per heavy atom. The molecule has 0 aliphatic carbocycles. The summed E-state index contributed by atoms with van der Waals surface area (Å²) in [6.45, 7) is 4.31. The van der Waals surface area contributed by atoms with E-state index < -0.39 is 6.10 Å². The third-order valence-corrected chi connectivity index (χ3v) is 3.97. The Labute approximate surface area is 132 Å². The molecule has 0 spiro atoms. The lowest BCUT2D eigenvalue weighted by atomic mass is 10.2. The first-order chi connectivity index (χ1) is 10.6. The minimum atomic E-state index is -0.437. The van der Waals surface area contributed by atoms with Crippen molar-refractivity contribution in [3.8, 4) is 0 Å². The Morgan fingerprint density at radius 1 is 1.27 bits per heavy atom. The van der Waals surface area contributed by atoms with Crippen LogP contribution in [0.3, 0.4) is 0 Å². The van der Waals surface area contributed by atoms with Gasteiger partial charge in [-0.15, -0.1) is 0 Å². The van der Waals surface area contributed by atoms with Crippen molar-refractivity contribution in [2.75, 3.05) is 39.8 Å². The summed E-state index contributed by atoms with van der Waals surface area (Å²) in [6.07, 6.45) is 0.930. The summed E-state index contributed by atoms with van der Waals surface area (Å²) in [6, 6.07) is 10.3. The van der Waals surface area contributed by atoms with E-state index in [1.807, 2.05) is 25.2 Å². The molecule has 0 radical (unpaired) electrons. The number of carbonyl (C=O) groups is 1. The van der Waals surface area contributed by atoms with E-state index in [-0.39, 0.29) is 5.91 Å². The molecule has 1 aliphatic heterocycles. The summed E-state index contributed by atoms with van der Waals surface area (Å²) in [5.74, 6) is 0.149. The minimum Gasteiger partial charge on any atom is -0.390 e. The first-order valence-electron chi connectivity index (χ1n) is 8.04. The smallest absolute Gasteiger partial charge is 0.222 e. The highest BCUT2D eigenvalue weighted by Crippen LogP contribution is 2.05. The molecule has 2 rings (SSSR count). The van der Waals surface area contributed by atoms with Crippen LogP contribution in [0.2, 0.25) is 0 Å². The van der Waals surface area contributed by atoms with Crippen LogP contribution in [-0.4, -0.2) is 66.7 Å². The quantitative estimate of drug-likeness (QED) is 0.760. The second kappa shape index (κ2) is 8.88. The number of aliphatic hydroxyl groups is 1. The van der Waals surface area contributed by atoms with Gasteiger partial charge in [0.05, 0.1) is 6.10 Å². The third kappa shape index (κ3) is 5.75. The van der Waals surface area contributed by atoms with E-state index in [1.54, 1.807) is 4.90 Å². The molecule has 1 saturated heterocycles. The Hall–Kier alpha value is -1.43. The summed E-state index contributed by atoms with van der Waals surface area (Å²) in [5, 5.41) is 13.2. The molecule has 1 aliphatic rings. The molecule has 1 fully saturated rings. The number of hydrogen-bond acceptors (Lipinski definition) is 4. The van der Waals surface area contributed by atoms with E-state index in [9.17, 15) is 9.90 Å². The zero-order valence-electron chi connectivity index (χ0n) is 13.4. The average Bonchev–Trinajstić information content (AvgIpc) is 2.68. The molecule has 2 N–H and O–H groups in total. The number of benzene rings is 1. The fourth-order valence-electron chi connectivity index (χ4n) is 2.72. The SMILES string of the molecule is CN1CCN(C(=O)CCCNCc2ccccc2)C[C@H](O)C1. The van der Waals surface area contributed by atoms with Crippen molar-refractivity contribution in [1.29, 1.82) is 0 Å². The van der Waals surface area contributed by atoms with Crippen molar-refractivity contribution in [2.24, 2.45) is 0 Å². The van der Waals surface area contributed by atoms with Crippen LogP contribution in [0.15, 0.2) is 30.3 Å². The van der Waals surface area contributed by atoms with Gasteiger partial charge in [0.25, 0.3) is 0 Å². The highest BCUT2D eigenvalue weighted by molar-refractivity contribution is 5.76. The van der Waals surface area contributed by atoms with Crippen LogP contribution >= 0.6 is 0 Å². The number of nitrogens with zero attached hydrogens (tertiary/aromatic N) is 2. The molecule has 1 atom stereocenters. The number of amides is 1. The zero-order chi connectivity index (χ0) is 15.8. The van der Waals surface area contributed by atoms with Crippen LogP contribution in [0.1, 0.15) is 18.4 Å². The van der Waals surface area contributed by atoms with Gasteiger partial charge in [0.15, 0.2) is 0 Å². The summed E-state index contributed by atoms with van der Waals surface area (Å²) in [5.41, 5.74) is 1.26. The maximum absolute atomic E-state index is 12.2. The van der Waals surface area contributed by atoms with Gasteiger partial charge >= 0.3 is 0 Å². The molecule has 0 saturated carbocycles. The monoisotopic (exact) mass is 305 g/mol. The van der Waals surface area contributed by atoms with Crippen molar-refractivity contribution in [1.82, 2.24) is 15.1 Å². The molecule has 0 unspecified atom stereocenters. The molecule has 5 nitrogen and oxygen atoms in total. The number of rotatable bonds is 6. The highest BCUT2D eigenvalue weighted by Gasteiger charge is 2.22. The minimum absolute atomic E-state index is 0.149. The molecule has 22 heavy (non-hydrogen) atoms. The van der Waals surface area contributed by atoms with Gasteiger partial charge in [-0.05, 0) is 25.6 Å². The largest absolute Gasteiger partial charge is 0.390 e. The summed E-state index contributed by atoms with van der Waals surface area (Å²) in [7, 11) is 1.98. The van der Waals surface area contributed by atoms with E-state index in [1.165, 1.54) is 5.56 Å². The van der Waals surface area contributed by atoms with Crippen LogP contribution in [0, 0.1) is 0 Å². The maximum atomic E-state index is 12.2. The third-order valence-electron chi connectivity index (χ3n) is 3.97. The van der Waals surface area contributed by atoms with Crippen molar-refractivity contribution >= 4 is 5.91 Å². The van der Waals surface area contributed by atoms with Crippen LogP contribution in [-0.2, 0) is 11.3 Å². The number of nitrogens with one attached hydrogen (secondary N) is 1. The summed E-state index contributed by atoms with van der Waals surface area (Å²) >= 11 is 0. The Kier molecular flexibility index (Phi) is 6.83. The Bertz CT molecular complexity index is 452. The number of aliphatic hydroxyl groups excluding tert-OH is 1. The molecule has 1 aromatic rings. The van der Waals surface area contributed by atoms with Crippen molar-refractivity contribution in [3.05, 3.63) is 35.9 Å². The van der Waals surface area contributed by atoms with E-state index in [0.717, 1.165) is 26.1 Å². The average molecular weight is 305 g/mol.